The van der Waals surface area contributed by atoms with Crippen molar-refractivity contribution in [1.29, 1.82) is 0 Å². The topological polar surface area (TPSA) is 59.4 Å². The van der Waals surface area contributed by atoms with Crippen molar-refractivity contribution < 1.29 is 14.6 Å². The standard InChI is InChI=1S/C23H17NO3S/c25-23(26)17-9-12-20(13-10-17)28-21-6-3-5-19(14-21)27-15-18-11-8-16-4-1-2-7-22(16)24-18/h1-14H,15H2,(H,25,26). The summed E-state index contributed by atoms with van der Waals surface area (Å²) in [6.45, 7) is 0.395. The molecular weight excluding hydrogens is 370 g/mol. The van der Waals surface area contributed by atoms with E-state index in [1.54, 1.807) is 36.0 Å². The number of aromatic carboxylic acids is 1. The summed E-state index contributed by atoms with van der Waals surface area (Å²) in [6, 6.07) is 26.7. The van der Waals surface area contributed by atoms with Gasteiger partial charge in [0.25, 0.3) is 0 Å². The minimum absolute atomic E-state index is 0.282. The van der Waals surface area contributed by atoms with Crippen LogP contribution >= 0.6 is 11.8 Å². The van der Waals surface area contributed by atoms with Gasteiger partial charge >= 0.3 is 5.97 Å². The van der Waals surface area contributed by atoms with Crippen molar-refractivity contribution in [3.8, 4) is 5.75 Å². The molecule has 0 aliphatic carbocycles. The molecule has 0 unspecified atom stereocenters. The van der Waals surface area contributed by atoms with Crippen molar-refractivity contribution in [3.63, 3.8) is 0 Å². The van der Waals surface area contributed by atoms with Crippen molar-refractivity contribution in [2.24, 2.45) is 0 Å². The van der Waals surface area contributed by atoms with E-state index in [0.717, 1.165) is 32.1 Å². The fourth-order valence-electron chi connectivity index (χ4n) is 2.78. The van der Waals surface area contributed by atoms with Gasteiger partial charge in [-0.1, -0.05) is 42.1 Å². The number of pyridine rings is 1. The van der Waals surface area contributed by atoms with E-state index in [1.807, 2.05) is 60.7 Å². The molecule has 4 nitrogen and oxygen atoms in total. The Morgan fingerprint density at radius 2 is 1.71 bits per heavy atom. The number of aromatic nitrogens is 1. The molecular formula is C23H17NO3S. The minimum Gasteiger partial charge on any atom is -0.487 e. The second kappa shape index (κ2) is 8.15. The number of carboxylic acid groups (broad SMARTS) is 1. The molecule has 0 aliphatic rings. The third-order valence-electron chi connectivity index (χ3n) is 4.19. The summed E-state index contributed by atoms with van der Waals surface area (Å²) in [5.41, 5.74) is 2.11. The van der Waals surface area contributed by atoms with Gasteiger partial charge in [-0.15, -0.1) is 0 Å². The largest absolute Gasteiger partial charge is 0.487 e. The van der Waals surface area contributed by atoms with Crippen LogP contribution in [-0.4, -0.2) is 16.1 Å². The quantitative estimate of drug-likeness (QED) is 0.462. The van der Waals surface area contributed by atoms with Crippen LogP contribution in [0.3, 0.4) is 0 Å². The molecule has 1 N–H and O–H groups in total. The van der Waals surface area contributed by atoms with E-state index < -0.39 is 5.97 Å². The Hall–Kier alpha value is -3.31. The van der Waals surface area contributed by atoms with Crippen molar-refractivity contribution in [1.82, 2.24) is 4.98 Å². The maximum absolute atomic E-state index is 10.9. The first-order valence-corrected chi connectivity index (χ1v) is 9.58. The van der Waals surface area contributed by atoms with Gasteiger partial charge in [-0.2, -0.15) is 0 Å². The van der Waals surface area contributed by atoms with Gasteiger partial charge in [0, 0.05) is 15.2 Å². The van der Waals surface area contributed by atoms with Gasteiger partial charge in [-0.25, -0.2) is 9.78 Å². The molecule has 0 spiro atoms. The maximum atomic E-state index is 10.9. The molecule has 4 rings (SSSR count). The van der Waals surface area contributed by atoms with E-state index in [2.05, 4.69) is 4.98 Å². The first-order chi connectivity index (χ1) is 13.7. The second-order valence-corrected chi connectivity index (χ2v) is 7.34. The second-order valence-electron chi connectivity index (χ2n) is 6.19. The van der Waals surface area contributed by atoms with Gasteiger partial charge in [0.1, 0.15) is 12.4 Å². The molecule has 1 aromatic heterocycles. The van der Waals surface area contributed by atoms with Gasteiger partial charge in [0.2, 0.25) is 0 Å². The fraction of sp³-hybridized carbons (Fsp3) is 0.0435. The SMILES string of the molecule is O=C(O)c1ccc(Sc2cccc(OCc3ccc4ccccc4n3)c2)cc1. The Kier molecular flexibility index (Phi) is 5.26. The number of carbonyl (C=O) groups is 1. The van der Waals surface area contributed by atoms with E-state index in [-0.39, 0.29) is 5.56 Å². The van der Waals surface area contributed by atoms with E-state index in [9.17, 15) is 4.79 Å². The molecule has 0 atom stereocenters. The van der Waals surface area contributed by atoms with Crippen LogP contribution in [0.2, 0.25) is 0 Å². The number of hydrogen-bond acceptors (Lipinski definition) is 4. The Bertz CT molecular complexity index is 1130. The molecule has 0 aliphatic heterocycles. The van der Waals surface area contributed by atoms with E-state index in [1.165, 1.54) is 0 Å². The summed E-state index contributed by atoms with van der Waals surface area (Å²) in [4.78, 5) is 17.6. The van der Waals surface area contributed by atoms with Crippen molar-refractivity contribution in [2.75, 3.05) is 0 Å². The first-order valence-electron chi connectivity index (χ1n) is 8.76. The summed E-state index contributed by atoms with van der Waals surface area (Å²) < 4.78 is 5.92. The van der Waals surface area contributed by atoms with Gasteiger partial charge in [0.15, 0.2) is 0 Å². The van der Waals surface area contributed by atoms with Gasteiger partial charge in [0.05, 0.1) is 16.8 Å². The summed E-state index contributed by atoms with van der Waals surface area (Å²) in [7, 11) is 0. The molecule has 4 aromatic rings. The molecule has 0 radical (unpaired) electrons. The average Bonchev–Trinajstić information content (AvgIpc) is 2.73. The third kappa shape index (κ3) is 4.32. The minimum atomic E-state index is -0.922. The number of ether oxygens (including phenoxy) is 1. The Morgan fingerprint density at radius 1 is 0.893 bits per heavy atom. The Morgan fingerprint density at radius 3 is 2.54 bits per heavy atom. The highest BCUT2D eigenvalue weighted by Crippen LogP contribution is 2.30. The normalized spacial score (nSPS) is 10.7. The number of nitrogens with zero attached hydrogens (tertiary/aromatic N) is 1. The first kappa shape index (κ1) is 18.1. The molecule has 0 amide bonds. The summed E-state index contributed by atoms with van der Waals surface area (Å²) in [5, 5.41) is 10.1. The lowest BCUT2D eigenvalue weighted by Gasteiger charge is -2.09. The van der Waals surface area contributed by atoms with Crippen LogP contribution in [0.15, 0.2) is 94.7 Å². The zero-order valence-corrected chi connectivity index (χ0v) is 15.7. The van der Waals surface area contributed by atoms with Crippen LogP contribution in [0.25, 0.3) is 10.9 Å². The van der Waals surface area contributed by atoms with Crippen molar-refractivity contribution in [2.45, 2.75) is 16.4 Å². The number of rotatable bonds is 6. The molecule has 0 fully saturated rings. The van der Waals surface area contributed by atoms with Gasteiger partial charge < -0.3 is 9.84 Å². The van der Waals surface area contributed by atoms with Crippen LogP contribution in [-0.2, 0) is 6.61 Å². The molecule has 5 heteroatoms. The highest BCUT2D eigenvalue weighted by Gasteiger charge is 2.05. The van der Waals surface area contributed by atoms with Crippen LogP contribution in [0.4, 0.5) is 0 Å². The third-order valence-corrected chi connectivity index (χ3v) is 5.18. The smallest absolute Gasteiger partial charge is 0.335 e. The molecule has 3 aromatic carbocycles. The molecule has 138 valence electrons. The summed E-state index contributed by atoms with van der Waals surface area (Å²) in [6.07, 6.45) is 0. The number of fused-ring (bicyclic) bond motifs is 1. The summed E-state index contributed by atoms with van der Waals surface area (Å²) >= 11 is 1.56. The number of carboxylic acids is 1. The Balaban J connectivity index is 1.43. The van der Waals surface area contributed by atoms with E-state index in [0.29, 0.717) is 6.61 Å². The Labute approximate surface area is 166 Å². The summed E-state index contributed by atoms with van der Waals surface area (Å²) in [5.74, 6) is -0.156. The number of para-hydroxylation sites is 1. The highest BCUT2D eigenvalue weighted by atomic mass is 32.2. The maximum Gasteiger partial charge on any atom is 0.335 e. The highest BCUT2D eigenvalue weighted by molar-refractivity contribution is 7.99. The zero-order chi connectivity index (χ0) is 19.3. The van der Waals surface area contributed by atoms with Gasteiger partial charge in [-0.05, 0) is 54.6 Å². The monoisotopic (exact) mass is 387 g/mol. The van der Waals surface area contributed by atoms with Crippen LogP contribution < -0.4 is 4.74 Å². The van der Waals surface area contributed by atoms with Crippen molar-refractivity contribution in [3.05, 3.63) is 96.2 Å². The van der Waals surface area contributed by atoms with E-state index in [4.69, 9.17) is 9.84 Å². The molecule has 0 saturated carbocycles. The van der Waals surface area contributed by atoms with E-state index >= 15 is 0 Å². The molecule has 0 bridgehead atoms. The molecule has 0 saturated heterocycles. The zero-order valence-electron chi connectivity index (χ0n) is 14.9. The predicted molar refractivity (Wildman–Crippen MR) is 110 cm³/mol. The molecule has 1 heterocycles. The van der Waals surface area contributed by atoms with Crippen LogP contribution in [0.5, 0.6) is 5.75 Å². The number of hydrogen-bond donors (Lipinski definition) is 1. The number of benzene rings is 3. The van der Waals surface area contributed by atoms with Gasteiger partial charge in [-0.3, -0.25) is 0 Å². The predicted octanol–water partition coefficient (Wildman–Crippen LogP) is 5.66. The van der Waals surface area contributed by atoms with Crippen LogP contribution in [0.1, 0.15) is 16.1 Å². The van der Waals surface area contributed by atoms with Crippen LogP contribution in [0, 0.1) is 0 Å². The lowest BCUT2D eigenvalue weighted by molar-refractivity contribution is 0.0697. The average molecular weight is 387 g/mol. The fourth-order valence-corrected chi connectivity index (χ4v) is 3.64. The lowest BCUT2D eigenvalue weighted by atomic mass is 10.2. The lowest BCUT2D eigenvalue weighted by Crippen LogP contribution is -1.98. The molecule has 28 heavy (non-hydrogen) atoms. The van der Waals surface area contributed by atoms with Crippen molar-refractivity contribution >= 4 is 28.6 Å².